The van der Waals surface area contributed by atoms with Gasteiger partial charge in [-0.15, -0.1) is 0 Å². The molecule has 0 bridgehead atoms. The maximum atomic E-state index is 10.2. The highest BCUT2D eigenvalue weighted by molar-refractivity contribution is 7.07. The molecule has 1 N–H and O–H groups in total. The molecule has 0 saturated carbocycles. The molecule has 23 heavy (non-hydrogen) atoms. The van der Waals surface area contributed by atoms with Crippen LogP contribution in [-0.4, -0.2) is 49.8 Å². The van der Waals surface area contributed by atoms with E-state index >= 15 is 0 Å². The van der Waals surface area contributed by atoms with E-state index in [9.17, 15) is 5.11 Å². The van der Waals surface area contributed by atoms with Gasteiger partial charge in [0.1, 0.15) is 5.75 Å². The van der Waals surface area contributed by atoms with Crippen molar-refractivity contribution in [2.45, 2.75) is 12.5 Å². The summed E-state index contributed by atoms with van der Waals surface area (Å²) in [4.78, 5) is 4.85. The number of hydrogen-bond acceptors (Lipinski definition) is 5. The highest BCUT2D eigenvalue weighted by Crippen LogP contribution is 2.22. The molecule has 1 atom stereocenters. The molecule has 1 aromatic heterocycles. The van der Waals surface area contributed by atoms with Crippen LogP contribution in [0.1, 0.15) is 18.1 Å². The van der Waals surface area contributed by atoms with Crippen LogP contribution in [0.3, 0.4) is 0 Å². The van der Waals surface area contributed by atoms with E-state index in [-0.39, 0.29) is 6.10 Å². The van der Waals surface area contributed by atoms with Gasteiger partial charge in [0.15, 0.2) is 0 Å². The minimum Gasteiger partial charge on any atom is -0.497 e. The van der Waals surface area contributed by atoms with Crippen LogP contribution >= 0.6 is 11.3 Å². The van der Waals surface area contributed by atoms with Gasteiger partial charge < -0.3 is 14.7 Å². The normalized spacial score (nSPS) is 17.2. The summed E-state index contributed by atoms with van der Waals surface area (Å²) in [6, 6.07) is 10.3. The molecule has 1 aromatic carbocycles. The number of rotatable bonds is 6. The molecule has 1 saturated heterocycles. The Hall–Kier alpha value is -1.56. The summed E-state index contributed by atoms with van der Waals surface area (Å²) in [5.74, 6) is 0.898. The molecule has 124 valence electrons. The van der Waals surface area contributed by atoms with Gasteiger partial charge in [0.05, 0.1) is 13.2 Å². The fraction of sp³-hybridized carbons (Fsp3) is 0.444. The summed E-state index contributed by atoms with van der Waals surface area (Å²) in [5.41, 5.74) is 2.30. The van der Waals surface area contributed by atoms with Crippen molar-refractivity contribution in [3.05, 3.63) is 46.7 Å². The Bertz CT molecular complexity index is 578. The lowest BCUT2D eigenvalue weighted by molar-refractivity contribution is 0.140. The van der Waals surface area contributed by atoms with Crippen LogP contribution in [0, 0.1) is 0 Å². The lowest BCUT2D eigenvalue weighted by Crippen LogP contribution is -2.46. The molecule has 2 aromatic rings. The standard InChI is InChI=1S/C18H24N2O2S/c1-22-17-4-2-16(3-5-17)20-11-9-19(10-12-20)8-6-18(21)15-7-13-23-14-15/h2-5,7,13-14,18,21H,6,8-12H2,1H3. The summed E-state index contributed by atoms with van der Waals surface area (Å²) in [6.07, 6.45) is 0.472. The molecule has 0 spiro atoms. The quantitative estimate of drug-likeness (QED) is 0.882. The zero-order valence-corrected chi connectivity index (χ0v) is 14.3. The molecule has 0 aliphatic carbocycles. The van der Waals surface area contributed by atoms with Gasteiger partial charge in [-0.1, -0.05) is 0 Å². The first-order valence-corrected chi connectivity index (χ1v) is 9.02. The Morgan fingerprint density at radius 1 is 1.13 bits per heavy atom. The Kier molecular flexibility index (Phi) is 5.54. The van der Waals surface area contributed by atoms with Crippen molar-refractivity contribution in [3.8, 4) is 5.75 Å². The zero-order chi connectivity index (χ0) is 16.1. The Morgan fingerprint density at radius 3 is 2.48 bits per heavy atom. The Morgan fingerprint density at radius 2 is 1.87 bits per heavy atom. The molecule has 5 heteroatoms. The van der Waals surface area contributed by atoms with Crippen molar-refractivity contribution < 1.29 is 9.84 Å². The zero-order valence-electron chi connectivity index (χ0n) is 13.5. The average Bonchev–Trinajstić information content (AvgIpc) is 3.15. The minimum atomic E-state index is -0.333. The van der Waals surface area contributed by atoms with Gasteiger partial charge in [0.2, 0.25) is 0 Å². The fourth-order valence-corrected chi connectivity index (χ4v) is 3.67. The van der Waals surface area contributed by atoms with Gasteiger partial charge in [0.25, 0.3) is 0 Å². The molecule has 1 unspecified atom stereocenters. The van der Waals surface area contributed by atoms with E-state index in [4.69, 9.17) is 4.74 Å². The first kappa shape index (κ1) is 16.3. The molecule has 1 aliphatic rings. The SMILES string of the molecule is COc1ccc(N2CCN(CCC(O)c3ccsc3)CC2)cc1. The van der Waals surface area contributed by atoms with Crippen molar-refractivity contribution in [2.24, 2.45) is 0 Å². The van der Waals surface area contributed by atoms with E-state index in [2.05, 4.69) is 21.9 Å². The van der Waals surface area contributed by atoms with Crippen LogP contribution in [-0.2, 0) is 0 Å². The third kappa shape index (κ3) is 4.25. The number of piperazine rings is 1. The van der Waals surface area contributed by atoms with Gasteiger partial charge in [-0.3, -0.25) is 4.90 Å². The third-order valence-electron chi connectivity index (χ3n) is 4.46. The highest BCUT2D eigenvalue weighted by atomic mass is 32.1. The Labute approximate surface area is 141 Å². The predicted octanol–water partition coefficient (Wildman–Crippen LogP) is 3.00. The molecule has 0 radical (unpaired) electrons. The van der Waals surface area contributed by atoms with Crippen LogP contribution < -0.4 is 9.64 Å². The van der Waals surface area contributed by atoms with E-state index < -0.39 is 0 Å². The number of methoxy groups -OCH3 is 1. The van der Waals surface area contributed by atoms with Gasteiger partial charge >= 0.3 is 0 Å². The third-order valence-corrected chi connectivity index (χ3v) is 5.16. The van der Waals surface area contributed by atoms with Gasteiger partial charge in [0, 0.05) is 38.4 Å². The first-order chi connectivity index (χ1) is 11.3. The summed E-state index contributed by atoms with van der Waals surface area (Å²) >= 11 is 1.64. The summed E-state index contributed by atoms with van der Waals surface area (Å²) in [5, 5.41) is 14.2. The molecular weight excluding hydrogens is 308 g/mol. The molecule has 4 nitrogen and oxygen atoms in total. The van der Waals surface area contributed by atoms with Gasteiger partial charge in [-0.05, 0) is 53.1 Å². The smallest absolute Gasteiger partial charge is 0.119 e. The number of ether oxygens (including phenoxy) is 1. The number of anilines is 1. The minimum absolute atomic E-state index is 0.333. The van der Waals surface area contributed by atoms with Crippen LogP contribution in [0.5, 0.6) is 5.75 Å². The second-order valence-corrected chi connectivity index (χ2v) is 6.67. The Balaban J connectivity index is 1.44. The summed E-state index contributed by atoms with van der Waals surface area (Å²) in [7, 11) is 1.69. The van der Waals surface area contributed by atoms with E-state index in [0.717, 1.165) is 50.5 Å². The monoisotopic (exact) mass is 332 g/mol. The van der Waals surface area contributed by atoms with Gasteiger partial charge in [-0.25, -0.2) is 0 Å². The van der Waals surface area contributed by atoms with Crippen LogP contribution in [0.15, 0.2) is 41.1 Å². The van der Waals surface area contributed by atoms with Gasteiger partial charge in [-0.2, -0.15) is 11.3 Å². The summed E-state index contributed by atoms with van der Waals surface area (Å²) < 4.78 is 5.21. The van der Waals surface area contributed by atoms with Crippen molar-refractivity contribution >= 4 is 17.0 Å². The largest absolute Gasteiger partial charge is 0.497 e. The van der Waals surface area contributed by atoms with Crippen molar-refractivity contribution in [1.82, 2.24) is 4.90 Å². The lowest BCUT2D eigenvalue weighted by Gasteiger charge is -2.36. The second kappa shape index (κ2) is 7.81. The van der Waals surface area contributed by atoms with E-state index in [1.807, 2.05) is 29.0 Å². The second-order valence-electron chi connectivity index (χ2n) is 5.89. The van der Waals surface area contributed by atoms with Crippen LogP contribution in [0.25, 0.3) is 0 Å². The topological polar surface area (TPSA) is 35.9 Å². The molecule has 3 rings (SSSR count). The average molecular weight is 332 g/mol. The number of aliphatic hydroxyl groups is 1. The maximum Gasteiger partial charge on any atom is 0.119 e. The molecule has 1 aliphatic heterocycles. The lowest BCUT2D eigenvalue weighted by atomic mass is 10.1. The van der Waals surface area contributed by atoms with E-state index in [0.29, 0.717) is 0 Å². The number of thiophene rings is 1. The predicted molar refractivity (Wildman–Crippen MR) is 95.5 cm³/mol. The number of benzene rings is 1. The molecule has 2 heterocycles. The first-order valence-electron chi connectivity index (χ1n) is 8.08. The van der Waals surface area contributed by atoms with E-state index in [1.54, 1.807) is 18.4 Å². The van der Waals surface area contributed by atoms with Crippen LogP contribution in [0.2, 0.25) is 0 Å². The number of nitrogens with zero attached hydrogens (tertiary/aromatic N) is 2. The summed E-state index contributed by atoms with van der Waals surface area (Å²) in [6.45, 7) is 5.10. The van der Waals surface area contributed by atoms with E-state index in [1.165, 1.54) is 5.69 Å². The van der Waals surface area contributed by atoms with Crippen molar-refractivity contribution in [2.75, 3.05) is 44.7 Å². The molecule has 0 amide bonds. The number of hydrogen-bond donors (Lipinski definition) is 1. The van der Waals surface area contributed by atoms with Crippen molar-refractivity contribution in [1.29, 1.82) is 0 Å². The highest BCUT2D eigenvalue weighted by Gasteiger charge is 2.18. The van der Waals surface area contributed by atoms with Crippen molar-refractivity contribution in [3.63, 3.8) is 0 Å². The number of aliphatic hydroxyl groups excluding tert-OH is 1. The molecule has 1 fully saturated rings. The maximum absolute atomic E-state index is 10.2. The molecular formula is C18H24N2O2S. The van der Waals surface area contributed by atoms with Crippen LogP contribution in [0.4, 0.5) is 5.69 Å². The fourth-order valence-electron chi connectivity index (χ4n) is 2.96.